The number of rotatable bonds is 4. The van der Waals surface area contributed by atoms with Crippen LogP contribution in [-0.4, -0.2) is 26.3 Å². The summed E-state index contributed by atoms with van der Waals surface area (Å²) >= 11 is 0. The maximum Gasteiger partial charge on any atom is 0.227 e. The molecule has 0 bridgehead atoms. The summed E-state index contributed by atoms with van der Waals surface area (Å²) in [6, 6.07) is 11.3. The highest BCUT2D eigenvalue weighted by Gasteiger charge is 2.27. The number of amides is 2. The highest BCUT2D eigenvalue weighted by atomic mass is 16.2. The Bertz CT molecular complexity index is 995. The largest absolute Gasteiger partial charge is 0.326 e. The van der Waals surface area contributed by atoms with E-state index in [2.05, 4.69) is 20.6 Å². The monoisotopic (exact) mass is 349 g/mol. The van der Waals surface area contributed by atoms with Gasteiger partial charge in [0.1, 0.15) is 5.52 Å². The number of para-hydroxylation sites is 1. The number of imidazole rings is 1. The van der Waals surface area contributed by atoms with Gasteiger partial charge >= 0.3 is 0 Å². The van der Waals surface area contributed by atoms with Crippen LogP contribution in [0.3, 0.4) is 0 Å². The number of nitrogens with zero attached hydrogens (tertiary/aromatic N) is 3. The minimum Gasteiger partial charge on any atom is -0.326 e. The lowest BCUT2D eigenvalue weighted by Gasteiger charge is -2.25. The summed E-state index contributed by atoms with van der Waals surface area (Å²) in [5, 5.41) is 5.74. The molecule has 0 radical (unpaired) electrons. The number of aromatic nitrogens is 3. The van der Waals surface area contributed by atoms with Gasteiger partial charge < -0.3 is 5.32 Å². The van der Waals surface area contributed by atoms with Gasteiger partial charge in [-0.25, -0.2) is 9.97 Å². The molecule has 2 amide bonds. The maximum absolute atomic E-state index is 12.6. The number of fused-ring (bicyclic) bond motifs is 2. The zero-order valence-corrected chi connectivity index (χ0v) is 14.4. The molecule has 0 saturated carbocycles. The van der Waals surface area contributed by atoms with E-state index in [1.165, 1.54) is 0 Å². The van der Waals surface area contributed by atoms with Gasteiger partial charge in [0.15, 0.2) is 5.65 Å². The van der Waals surface area contributed by atoms with E-state index in [1.807, 2.05) is 47.9 Å². The van der Waals surface area contributed by atoms with Crippen molar-refractivity contribution in [3.8, 4) is 0 Å². The van der Waals surface area contributed by atoms with Gasteiger partial charge in [0, 0.05) is 37.2 Å². The molecule has 4 rings (SSSR count). The van der Waals surface area contributed by atoms with E-state index in [4.69, 9.17) is 0 Å². The van der Waals surface area contributed by atoms with Crippen molar-refractivity contribution in [2.24, 2.45) is 0 Å². The second-order valence-corrected chi connectivity index (χ2v) is 6.31. The average Bonchev–Trinajstić information content (AvgIpc) is 2.98. The third kappa shape index (κ3) is 2.92. The van der Waals surface area contributed by atoms with Crippen molar-refractivity contribution in [1.29, 1.82) is 0 Å². The summed E-state index contributed by atoms with van der Waals surface area (Å²) < 4.78 is 1.87. The Morgan fingerprint density at radius 1 is 1.31 bits per heavy atom. The number of aryl methyl sites for hydroxylation is 1. The normalized spacial score (nSPS) is 16.2. The first-order valence-electron chi connectivity index (χ1n) is 8.65. The van der Waals surface area contributed by atoms with Crippen LogP contribution in [-0.2, 0) is 16.1 Å². The van der Waals surface area contributed by atoms with Crippen LogP contribution in [0.15, 0.2) is 42.6 Å². The molecule has 1 atom stereocenters. The summed E-state index contributed by atoms with van der Waals surface area (Å²) in [5.74, 6) is 0.119. The molecule has 132 valence electrons. The Morgan fingerprint density at radius 3 is 3.00 bits per heavy atom. The van der Waals surface area contributed by atoms with Crippen molar-refractivity contribution >= 4 is 34.6 Å². The zero-order valence-electron chi connectivity index (χ0n) is 14.4. The zero-order chi connectivity index (χ0) is 18.1. The van der Waals surface area contributed by atoms with E-state index in [0.29, 0.717) is 18.9 Å². The number of carbonyl (C=O) groups excluding carboxylic acids is 2. The van der Waals surface area contributed by atoms with Crippen LogP contribution in [0.4, 0.5) is 11.6 Å². The minimum absolute atomic E-state index is 0.0634. The summed E-state index contributed by atoms with van der Waals surface area (Å²) in [7, 11) is 0. The summed E-state index contributed by atoms with van der Waals surface area (Å²) in [6.07, 6.45) is 2.24. The van der Waals surface area contributed by atoms with Crippen LogP contribution in [0.2, 0.25) is 0 Å². The molecule has 0 spiro atoms. The van der Waals surface area contributed by atoms with Gasteiger partial charge in [0.2, 0.25) is 17.8 Å². The van der Waals surface area contributed by atoms with E-state index in [1.54, 1.807) is 6.20 Å². The fourth-order valence-electron chi connectivity index (χ4n) is 3.44. The molecule has 2 aromatic heterocycles. The van der Waals surface area contributed by atoms with Crippen molar-refractivity contribution < 1.29 is 9.59 Å². The molecule has 0 fully saturated rings. The number of carbonyl (C=O) groups is 2. The number of pyridine rings is 1. The van der Waals surface area contributed by atoms with Crippen molar-refractivity contribution in [2.75, 3.05) is 10.6 Å². The Labute approximate surface area is 150 Å². The fourth-order valence-corrected chi connectivity index (χ4v) is 3.44. The molecule has 7 nitrogen and oxygen atoms in total. The number of hydrogen-bond donors (Lipinski definition) is 2. The topological polar surface area (TPSA) is 88.9 Å². The molecule has 1 aliphatic heterocycles. The predicted molar refractivity (Wildman–Crippen MR) is 98.9 cm³/mol. The summed E-state index contributed by atoms with van der Waals surface area (Å²) in [4.78, 5) is 33.3. The maximum atomic E-state index is 12.6. The lowest BCUT2D eigenvalue weighted by atomic mass is 9.88. The van der Waals surface area contributed by atoms with Crippen LogP contribution in [0, 0.1) is 0 Å². The first-order valence-corrected chi connectivity index (χ1v) is 8.65. The highest BCUT2D eigenvalue weighted by molar-refractivity contribution is 5.97. The van der Waals surface area contributed by atoms with E-state index in [9.17, 15) is 9.59 Å². The molecule has 1 aromatic carbocycles. The molecule has 2 N–H and O–H groups in total. The van der Waals surface area contributed by atoms with Crippen LogP contribution in [0.5, 0.6) is 0 Å². The molecule has 0 aliphatic carbocycles. The van der Waals surface area contributed by atoms with Gasteiger partial charge in [0.25, 0.3) is 0 Å². The van der Waals surface area contributed by atoms with Crippen molar-refractivity contribution in [3.05, 3.63) is 48.2 Å². The van der Waals surface area contributed by atoms with Crippen molar-refractivity contribution in [3.63, 3.8) is 0 Å². The van der Waals surface area contributed by atoms with Gasteiger partial charge in [-0.3, -0.25) is 19.5 Å². The second-order valence-electron chi connectivity index (χ2n) is 6.31. The predicted octanol–water partition coefficient (Wildman–Crippen LogP) is 2.91. The Balaban J connectivity index is 1.56. The van der Waals surface area contributed by atoms with Gasteiger partial charge in [-0.15, -0.1) is 0 Å². The minimum atomic E-state index is -0.162. The molecule has 3 heterocycles. The standard InChI is InChI=1S/C19H19N5O2/c1-2-24-18-15(8-5-9-20-18)22-19(24)23-17(26)11-12-10-16(25)21-14-7-4-3-6-13(12)14/h3-9,12H,2,10-11H2,1H3,(H,21,25)(H,22,23,26). The van der Waals surface area contributed by atoms with Crippen molar-refractivity contribution in [2.45, 2.75) is 32.2 Å². The number of anilines is 2. The van der Waals surface area contributed by atoms with E-state index in [0.717, 1.165) is 22.4 Å². The fraction of sp³-hybridized carbons (Fsp3) is 0.263. The number of nitrogens with one attached hydrogen (secondary N) is 2. The third-order valence-corrected chi connectivity index (χ3v) is 4.61. The Morgan fingerprint density at radius 2 is 2.15 bits per heavy atom. The van der Waals surface area contributed by atoms with Crippen LogP contribution in [0.1, 0.15) is 31.2 Å². The van der Waals surface area contributed by atoms with Crippen LogP contribution >= 0.6 is 0 Å². The second kappa shape index (κ2) is 6.59. The van der Waals surface area contributed by atoms with Crippen LogP contribution in [0.25, 0.3) is 11.2 Å². The lowest BCUT2D eigenvalue weighted by Crippen LogP contribution is -2.26. The molecule has 1 aliphatic rings. The highest BCUT2D eigenvalue weighted by Crippen LogP contribution is 2.34. The molecular formula is C19H19N5O2. The van der Waals surface area contributed by atoms with Crippen molar-refractivity contribution in [1.82, 2.24) is 14.5 Å². The number of benzene rings is 1. The molecule has 0 saturated heterocycles. The molecule has 3 aromatic rings. The smallest absolute Gasteiger partial charge is 0.227 e. The lowest BCUT2D eigenvalue weighted by molar-refractivity contribution is -0.118. The Hall–Kier alpha value is -3.22. The third-order valence-electron chi connectivity index (χ3n) is 4.61. The summed E-state index contributed by atoms with van der Waals surface area (Å²) in [5.41, 5.74) is 3.26. The Kier molecular flexibility index (Phi) is 4.12. The van der Waals surface area contributed by atoms with E-state index < -0.39 is 0 Å². The quantitative estimate of drug-likeness (QED) is 0.758. The molecular weight excluding hydrogens is 330 g/mol. The SMILES string of the molecule is CCn1c(NC(=O)CC2CC(=O)Nc3ccccc32)nc2cccnc21. The van der Waals surface area contributed by atoms with Gasteiger partial charge in [0.05, 0.1) is 0 Å². The molecule has 1 unspecified atom stereocenters. The van der Waals surface area contributed by atoms with Crippen LogP contribution < -0.4 is 10.6 Å². The first kappa shape index (κ1) is 16.3. The average molecular weight is 349 g/mol. The van der Waals surface area contributed by atoms with E-state index >= 15 is 0 Å². The van der Waals surface area contributed by atoms with Gasteiger partial charge in [-0.1, -0.05) is 18.2 Å². The van der Waals surface area contributed by atoms with Gasteiger partial charge in [-0.2, -0.15) is 0 Å². The first-order chi connectivity index (χ1) is 12.7. The van der Waals surface area contributed by atoms with Gasteiger partial charge in [-0.05, 0) is 30.7 Å². The molecule has 7 heteroatoms. The van der Waals surface area contributed by atoms with E-state index in [-0.39, 0.29) is 24.2 Å². The molecule has 26 heavy (non-hydrogen) atoms. The number of hydrogen-bond acceptors (Lipinski definition) is 4. The summed E-state index contributed by atoms with van der Waals surface area (Å²) in [6.45, 7) is 2.63.